The predicted octanol–water partition coefficient (Wildman–Crippen LogP) is 0.888. The molecule has 1 aromatic rings. The second-order valence-electron chi connectivity index (χ2n) is 5.51. The Kier molecular flexibility index (Phi) is 5.51. The molecule has 1 aliphatic heterocycles. The minimum atomic E-state index is -0.400. The van der Waals surface area contributed by atoms with Crippen LogP contribution >= 0.6 is 0 Å². The summed E-state index contributed by atoms with van der Waals surface area (Å²) in [4.78, 5) is 39.2. The van der Waals surface area contributed by atoms with Gasteiger partial charge in [0.15, 0.2) is 0 Å². The lowest BCUT2D eigenvalue weighted by Gasteiger charge is -2.36. The molecule has 0 aromatic heterocycles. The van der Waals surface area contributed by atoms with Gasteiger partial charge in [-0.25, -0.2) is 0 Å². The topological polar surface area (TPSA) is 87.0 Å². The standard InChI is InChI=1S/C16H20N4O4/c1-3-15(21)17(2)12-16(22)19-10-8-18(9-11-19)13-6-4-5-7-14(13)20(23)24/h3-7H,1,8-12H2,2H3. The number of carbonyl (C=O) groups is 2. The number of nitro groups is 1. The van der Waals surface area contributed by atoms with Gasteiger partial charge in [-0.2, -0.15) is 0 Å². The summed E-state index contributed by atoms with van der Waals surface area (Å²) in [7, 11) is 1.55. The van der Waals surface area contributed by atoms with Crippen LogP contribution in [0.2, 0.25) is 0 Å². The Morgan fingerprint density at radius 3 is 2.50 bits per heavy atom. The van der Waals surface area contributed by atoms with E-state index in [1.165, 1.54) is 17.0 Å². The van der Waals surface area contributed by atoms with E-state index in [-0.39, 0.29) is 24.0 Å². The molecule has 24 heavy (non-hydrogen) atoms. The van der Waals surface area contributed by atoms with E-state index in [1.54, 1.807) is 30.1 Å². The highest BCUT2D eigenvalue weighted by molar-refractivity contribution is 5.90. The maximum Gasteiger partial charge on any atom is 0.292 e. The van der Waals surface area contributed by atoms with Crippen molar-refractivity contribution >= 4 is 23.2 Å². The van der Waals surface area contributed by atoms with Crippen LogP contribution in [0.1, 0.15) is 0 Å². The second-order valence-corrected chi connectivity index (χ2v) is 5.51. The van der Waals surface area contributed by atoms with E-state index < -0.39 is 4.92 Å². The van der Waals surface area contributed by atoms with Crippen LogP contribution in [0.4, 0.5) is 11.4 Å². The number of nitrogens with zero attached hydrogens (tertiary/aromatic N) is 4. The lowest BCUT2D eigenvalue weighted by molar-refractivity contribution is -0.384. The highest BCUT2D eigenvalue weighted by Gasteiger charge is 2.26. The number of hydrogen-bond acceptors (Lipinski definition) is 5. The normalized spacial score (nSPS) is 14.2. The van der Waals surface area contributed by atoms with E-state index in [0.29, 0.717) is 31.9 Å². The van der Waals surface area contributed by atoms with Crippen LogP contribution in [-0.4, -0.2) is 66.3 Å². The summed E-state index contributed by atoms with van der Waals surface area (Å²) < 4.78 is 0. The molecule has 8 nitrogen and oxygen atoms in total. The number of nitro benzene ring substituents is 1. The number of para-hydroxylation sites is 2. The third kappa shape index (κ3) is 3.89. The van der Waals surface area contributed by atoms with Gasteiger partial charge >= 0.3 is 0 Å². The summed E-state index contributed by atoms with van der Waals surface area (Å²) in [6.07, 6.45) is 1.17. The average Bonchev–Trinajstić information content (AvgIpc) is 2.60. The Morgan fingerprint density at radius 2 is 1.92 bits per heavy atom. The maximum atomic E-state index is 12.2. The molecule has 2 amide bonds. The molecule has 1 aromatic carbocycles. The van der Waals surface area contributed by atoms with Crippen LogP contribution in [0.3, 0.4) is 0 Å². The number of amides is 2. The van der Waals surface area contributed by atoms with Gasteiger partial charge in [-0.15, -0.1) is 0 Å². The van der Waals surface area contributed by atoms with Crippen LogP contribution in [0.5, 0.6) is 0 Å². The first-order chi connectivity index (χ1) is 11.4. The minimum Gasteiger partial charge on any atom is -0.362 e. The molecule has 0 bridgehead atoms. The number of hydrogen-bond donors (Lipinski definition) is 0. The summed E-state index contributed by atoms with van der Waals surface area (Å²) in [5.74, 6) is -0.447. The van der Waals surface area contributed by atoms with E-state index >= 15 is 0 Å². The summed E-state index contributed by atoms with van der Waals surface area (Å²) in [5, 5.41) is 11.1. The van der Waals surface area contributed by atoms with Crippen LogP contribution < -0.4 is 4.90 Å². The number of rotatable bonds is 5. The zero-order valence-corrected chi connectivity index (χ0v) is 13.6. The van der Waals surface area contributed by atoms with Crippen molar-refractivity contribution in [2.75, 3.05) is 44.7 Å². The van der Waals surface area contributed by atoms with Crippen molar-refractivity contribution in [3.8, 4) is 0 Å². The molecule has 0 N–H and O–H groups in total. The number of piperazine rings is 1. The van der Waals surface area contributed by atoms with E-state index in [2.05, 4.69) is 6.58 Å². The largest absolute Gasteiger partial charge is 0.362 e. The second kappa shape index (κ2) is 7.58. The van der Waals surface area contributed by atoms with Crippen molar-refractivity contribution in [2.45, 2.75) is 0 Å². The highest BCUT2D eigenvalue weighted by atomic mass is 16.6. The van der Waals surface area contributed by atoms with Crippen molar-refractivity contribution in [1.29, 1.82) is 0 Å². The van der Waals surface area contributed by atoms with Gasteiger partial charge in [0.05, 0.1) is 11.5 Å². The van der Waals surface area contributed by atoms with Crippen molar-refractivity contribution in [1.82, 2.24) is 9.80 Å². The molecule has 0 unspecified atom stereocenters. The smallest absolute Gasteiger partial charge is 0.292 e. The SMILES string of the molecule is C=CC(=O)N(C)CC(=O)N1CCN(c2ccccc2[N+](=O)[O-])CC1. The summed E-state index contributed by atoms with van der Waals surface area (Å²) in [5.41, 5.74) is 0.627. The lowest BCUT2D eigenvalue weighted by Crippen LogP contribution is -2.51. The average molecular weight is 332 g/mol. The first kappa shape index (κ1) is 17.5. The van der Waals surface area contributed by atoms with Crippen LogP contribution in [-0.2, 0) is 9.59 Å². The molecule has 1 saturated heterocycles. The van der Waals surface area contributed by atoms with Crippen LogP contribution in [0, 0.1) is 10.1 Å². The van der Waals surface area contributed by atoms with Gasteiger partial charge in [-0.05, 0) is 12.1 Å². The Balaban J connectivity index is 1.96. The summed E-state index contributed by atoms with van der Waals surface area (Å²) in [6, 6.07) is 6.58. The number of carbonyl (C=O) groups excluding carboxylic acids is 2. The molecule has 0 spiro atoms. The number of benzene rings is 1. The molecule has 1 heterocycles. The lowest BCUT2D eigenvalue weighted by atomic mass is 10.2. The molecule has 2 rings (SSSR count). The summed E-state index contributed by atoms with van der Waals surface area (Å²) in [6.45, 7) is 5.32. The van der Waals surface area contributed by atoms with Gasteiger partial charge in [0.1, 0.15) is 5.69 Å². The maximum absolute atomic E-state index is 12.2. The van der Waals surface area contributed by atoms with Crippen molar-refractivity contribution in [2.24, 2.45) is 0 Å². The number of likely N-dealkylation sites (N-methyl/N-ethyl adjacent to an activating group) is 1. The van der Waals surface area contributed by atoms with Gasteiger partial charge in [-0.3, -0.25) is 19.7 Å². The zero-order chi connectivity index (χ0) is 17.7. The summed E-state index contributed by atoms with van der Waals surface area (Å²) >= 11 is 0. The van der Waals surface area contributed by atoms with Gasteiger partial charge < -0.3 is 14.7 Å². The van der Waals surface area contributed by atoms with Crippen molar-refractivity contribution < 1.29 is 14.5 Å². The monoisotopic (exact) mass is 332 g/mol. The van der Waals surface area contributed by atoms with Gasteiger partial charge in [0.25, 0.3) is 5.69 Å². The fourth-order valence-electron chi connectivity index (χ4n) is 2.62. The van der Waals surface area contributed by atoms with Crippen molar-refractivity contribution in [3.05, 3.63) is 47.0 Å². The highest BCUT2D eigenvalue weighted by Crippen LogP contribution is 2.28. The Bertz CT molecular complexity index is 653. The van der Waals surface area contributed by atoms with E-state index in [4.69, 9.17) is 0 Å². The quantitative estimate of drug-likeness (QED) is 0.454. The third-order valence-electron chi connectivity index (χ3n) is 3.97. The molecule has 1 fully saturated rings. The predicted molar refractivity (Wildman–Crippen MR) is 89.7 cm³/mol. The van der Waals surface area contributed by atoms with Crippen LogP contribution in [0.15, 0.2) is 36.9 Å². The van der Waals surface area contributed by atoms with E-state index in [9.17, 15) is 19.7 Å². The zero-order valence-electron chi connectivity index (χ0n) is 13.6. The fraction of sp³-hybridized carbons (Fsp3) is 0.375. The molecular weight excluding hydrogens is 312 g/mol. The molecule has 0 saturated carbocycles. The Morgan fingerprint density at radius 1 is 1.29 bits per heavy atom. The van der Waals surface area contributed by atoms with Gasteiger partial charge in [0, 0.05) is 39.3 Å². The fourth-order valence-corrected chi connectivity index (χ4v) is 2.62. The number of anilines is 1. The minimum absolute atomic E-state index is 0.00363. The molecular formula is C16H20N4O4. The molecule has 8 heteroatoms. The molecule has 128 valence electrons. The van der Waals surface area contributed by atoms with Crippen molar-refractivity contribution in [3.63, 3.8) is 0 Å². The Hall–Kier alpha value is -2.90. The first-order valence-corrected chi connectivity index (χ1v) is 7.57. The molecule has 0 radical (unpaired) electrons. The first-order valence-electron chi connectivity index (χ1n) is 7.57. The third-order valence-corrected chi connectivity index (χ3v) is 3.97. The Labute approximate surface area is 140 Å². The molecule has 1 aliphatic rings. The molecule has 0 aliphatic carbocycles. The van der Waals surface area contributed by atoms with E-state index in [0.717, 1.165) is 0 Å². The van der Waals surface area contributed by atoms with Crippen LogP contribution in [0.25, 0.3) is 0 Å². The van der Waals surface area contributed by atoms with Gasteiger partial charge in [-0.1, -0.05) is 18.7 Å². The van der Waals surface area contributed by atoms with Gasteiger partial charge in [0.2, 0.25) is 11.8 Å². The molecule has 0 atom stereocenters. The van der Waals surface area contributed by atoms with E-state index in [1.807, 2.05) is 4.90 Å².